The van der Waals surface area contributed by atoms with Crippen molar-refractivity contribution in [2.75, 3.05) is 38.1 Å². The van der Waals surface area contributed by atoms with Crippen LogP contribution in [-0.2, 0) is 4.79 Å². The number of aliphatic hydroxyl groups excluding tert-OH is 1. The van der Waals surface area contributed by atoms with Gasteiger partial charge in [-0.2, -0.15) is 0 Å². The van der Waals surface area contributed by atoms with Crippen LogP contribution in [0.2, 0.25) is 0 Å². The van der Waals surface area contributed by atoms with Crippen molar-refractivity contribution in [3.63, 3.8) is 0 Å². The fourth-order valence-corrected chi connectivity index (χ4v) is 4.24. The van der Waals surface area contributed by atoms with Gasteiger partial charge in [0.25, 0.3) is 5.91 Å². The molecule has 4 rings (SSSR count). The third-order valence-electron chi connectivity index (χ3n) is 6.19. The maximum atomic E-state index is 13.6. The van der Waals surface area contributed by atoms with Gasteiger partial charge in [-0.25, -0.2) is 4.98 Å². The highest BCUT2D eigenvalue weighted by Crippen LogP contribution is 2.29. The average Bonchev–Trinajstić information content (AvgIpc) is 2.83. The van der Waals surface area contributed by atoms with Crippen LogP contribution < -0.4 is 10.1 Å². The number of pyridine rings is 1. The number of carbonyl (C=O) groups excluding carboxylic acids is 2. The predicted molar refractivity (Wildman–Crippen MR) is 126 cm³/mol. The zero-order valence-corrected chi connectivity index (χ0v) is 18.9. The van der Waals surface area contributed by atoms with Gasteiger partial charge in [0.1, 0.15) is 18.1 Å². The lowest BCUT2D eigenvalue weighted by molar-refractivity contribution is -0.133. The number of amides is 2. The third kappa shape index (κ3) is 6.01. The average molecular weight is 453 g/mol. The molecule has 2 N–H and O–H groups in total. The van der Waals surface area contributed by atoms with Gasteiger partial charge in [-0.05, 0) is 49.9 Å². The maximum Gasteiger partial charge on any atom is 0.258 e. The minimum atomic E-state index is -0.346. The maximum absolute atomic E-state index is 13.6. The summed E-state index contributed by atoms with van der Waals surface area (Å²) in [6.07, 6.45) is 6.14. The van der Waals surface area contributed by atoms with E-state index < -0.39 is 0 Å². The Morgan fingerprint density at radius 1 is 1.06 bits per heavy atom. The van der Waals surface area contributed by atoms with Gasteiger partial charge in [0.2, 0.25) is 5.91 Å². The van der Waals surface area contributed by atoms with E-state index in [1.807, 2.05) is 24.3 Å². The number of benzene rings is 1. The second kappa shape index (κ2) is 11.1. The molecule has 0 saturated carbocycles. The summed E-state index contributed by atoms with van der Waals surface area (Å²) in [7, 11) is 0. The first-order valence-electron chi connectivity index (χ1n) is 11.8. The number of nitrogens with zero attached hydrogens (tertiary/aromatic N) is 3. The number of nitrogens with one attached hydrogen (secondary N) is 1. The molecular formula is C25H32N4O4. The van der Waals surface area contributed by atoms with Crippen LogP contribution in [0.5, 0.6) is 5.75 Å². The summed E-state index contributed by atoms with van der Waals surface area (Å²) in [6.45, 7) is 2.21. The smallest absolute Gasteiger partial charge is 0.258 e. The molecular weight excluding hydrogens is 420 g/mol. The number of hydrogen-bond donors (Lipinski definition) is 2. The molecule has 2 aliphatic rings. The van der Waals surface area contributed by atoms with E-state index in [2.05, 4.69) is 10.3 Å². The first kappa shape index (κ1) is 23.0. The Balaban J connectivity index is 1.58. The Morgan fingerprint density at radius 3 is 2.70 bits per heavy atom. The van der Waals surface area contributed by atoms with Crippen molar-refractivity contribution in [2.45, 2.75) is 44.6 Å². The molecule has 0 radical (unpaired) electrons. The third-order valence-corrected chi connectivity index (χ3v) is 6.19. The lowest BCUT2D eigenvalue weighted by Crippen LogP contribution is -2.46. The van der Waals surface area contributed by atoms with Crippen LogP contribution in [0.15, 0.2) is 42.6 Å². The standard InChI is InChI=1S/C25H32N4O4/c30-19-11-15-28(16-12-19)23(31)18-29-14-5-1-2-6-17-33-22-10-4-3-9-21(22)27-24-20(25(29)32)8-7-13-26-24/h3-4,7-10,13,19,30H,1-2,5-6,11-12,14-18H2,(H,26,27). The predicted octanol–water partition coefficient (Wildman–Crippen LogP) is 3.20. The fourth-order valence-electron chi connectivity index (χ4n) is 4.24. The number of hydrogen-bond acceptors (Lipinski definition) is 6. The summed E-state index contributed by atoms with van der Waals surface area (Å²) in [5.74, 6) is 0.868. The van der Waals surface area contributed by atoms with Gasteiger partial charge >= 0.3 is 0 Å². The number of aliphatic hydroxyl groups is 1. The number of likely N-dealkylation sites (tertiary alicyclic amines) is 1. The highest BCUT2D eigenvalue weighted by atomic mass is 16.5. The minimum absolute atomic E-state index is 0.0307. The highest BCUT2D eigenvalue weighted by molar-refractivity contribution is 6.01. The van der Waals surface area contributed by atoms with Crippen LogP contribution >= 0.6 is 0 Å². The van der Waals surface area contributed by atoms with Crippen LogP contribution in [0.25, 0.3) is 0 Å². The summed E-state index contributed by atoms with van der Waals surface area (Å²) >= 11 is 0. The number of piperidine rings is 1. The monoisotopic (exact) mass is 452 g/mol. The Morgan fingerprint density at radius 2 is 1.85 bits per heavy atom. The van der Waals surface area contributed by atoms with Gasteiger partial charge < -0.3 is 25.0 Å². The Labute approximate surface area is 194 Å². The van der Waals surface area contributed by atoms with E-state index in [-0.39, 0.29) is 24.5 Å². The molecule has 1 aromatic heterocycles. The summed E-state index contributed by atoms with van der Waals surface area (Å²) in [6, 6.07) is 11.1. The summed E-state index contributed by atoms with van der Waals surface area (Å²) in [5, 5.41) is 13.0. The van der Waals surface area contributed by atoms with Crippen molar-refractivity contribution in [3.05, 3.63) is 48.2 Å². The Kier molecular flexibility index (Phi) is 7.78. The van der Waals surface area contributed by atoms with E-state index in [4.69, 9.17) is 4.74 Å². The second-order valence-corrected chi connectivity index (χ2v) is 8.62. The molecule has 3 heterocycles. The SMILES string of the molecule is O=C(CN1CCCCCCOc2ccccc2Nc2ncccc2C1=O)N1CCC(O)CC1. The van der Waals surface area contributed by atoms with Crippen molar-refractivity contribution >= 4 is 23.3 Å². The molecule has 33 heavy (non-hydrogen) atoms. The van der Waals surface area contributed by atoms with Crippen molar-refractivity contribution in [1.82, 2.24) is 14.8 Å². The number of fused-ring (bicyclic) bond motifs is 2. The zero-order chi connectivity index (χ0) is 23.0. The number of rotatable bonds is 2. The van der Waals surface area contributed by atoms with Crippen LogP contribution in [-0.4, -0.2) is 70.6 Å². The minimum Gasteiger partial charge on any atom is -0.491 e. The molecule has 1 saturated heterocycles. The second-order valence-electron chi connectivity index (χ2n) is 8.62. The van der Waals surface area contributed by atoms with Crippen LogP contribution in [0, 0.1) is 0 Å². The number of para-hydroxylation sites is 2. The van der Waals surface area contributed by atoms with Crippen LogP contribution in [0.3, 0.4) is 0 Å². The van der Waals surface area contributed by atoms with E-state index >= 15 is 0 Å². The van der Waals surface area contributed by atoms with E-state index in [9.17, 15) is 14.7 Å². The number of ether oxygens (including phenoxy) is 1. The summed E-state index contributed by atoms with van der Waals surface area (Å²) in [4.78, 5) is 34.4. The molecule has 0 bridgehead atoms. The first-order chi connectivity index (χ1) is 16.1. The summed E-state index contributed by atoms with van der Waals surface area (Å²) < 4.78 is 5.97. The number of anilines is 2. The number of carbonyl (C=O) groups is 2. The molecule has 0 atom stereocenters. The van der Waals surface area contributed by atoms with Crippen molar-refractivity contribution < 1.29 is 19.4 Å². The van der Waals surface area contributed by atoms with E-state index in [1.54, 1.807) is 28.1 Å². The topological polar surface area (TPSA) is 95.0 Å². The molecule has 2 aromatic rings. The molecule has 0 unspecified atom stereocenters. The number of aromatic nitrogens is 1. The van der Waals surface area contributed by atoms with Crippen molar-refractivity contribution in [1.29, 1.82) is 0 Å². The van der Waals surface area contributed by atoms with E-state index in [0.717, 1.165) is 37.1 Å². The van der Waals surface area contributed by atoms with Gasteiger partial charge in [0.15, 0.2) is 0 Å². The Bertz CT molecular complexity index is 959. The summed E-state index contributed by atoms with van der Waals surface area (Å²) in [5.41, 5.74) is 1.17. The molecule has 1 fully saturated rings. The van der Waals surface area contributed by atoms with E-state index in [0.29, 0.717) is 50.5 Å². The van der Waals surface area contributed by atoms with Gasteiger partial charge in [-0.3, -0.25) is 9.59 Å². The largest absolute Gasteiger partial charge is 0.491 e. The Hall–Kier alpha value is -3.13. The van der Waals surface area contributed by atoms with Crippen LogP contribution in [0.1, 0.15) is 48.9 Å². The van der Waals surface area contributed by atoms with Gasteiger partial charge in [-0.1, -0.05) is 25.0 Å². The molecule has 0 aliphatic carbocycles. The van der Waals surface area contributed by atoms with Crippen molar-refractivity contribution in [3.8, 4) is 5.75 Å². The highest BCUT2D eigenvalue weighted by Gasteiger charge is 2.27. The van der Waals surface area contributed by atoms with Gasteiger partial charge in [0, 0.05) is 25.8 Å². The van der Waals surface area contributed by atoms with Crippen molar-refractivity contribution in [2.24, 2.45) is 0 Å². The van der Waals surface area contributed by atoms with Gasteiger partial charge in [0.05, 0.1) is 24.0 Å². The van der Waals surface area contributed by atoms with E-state index in [1.165, 1.54) is 0 Å². The molecule has 8 nitrogen and oxygen atoms in total. The first-order valence-corrected chi connectivity index (χ1v) is 11.8. The molecule has 176 valence electrons. The molecule has 1 aromatic carbocycles. The normalized spacial score (nSPS) is 18.4. The zero-order valence-electron chi connectivity index (χ0n) is 18.9. The lowest BCUT2D eigenvalue weighted by Gasteiger charge is -2.32. The molecule has 8 heteroatoms. The van der Waals surface area contributed by atoms with Crippen LogP contribution in [0.4, 0.5) is 11.5 Å². The lowest BCUT2D eigenvalue weighted by atomic mass is 10.1. The quantitative estimate of drug-likeness (QED) is 0.727. The fraction of sp³-hybridized carbons (Fsp3) is 0.480. The molecule has 2 aliphatic heterocycles. The molecule has 2 amide bonds. The van der Waals surface area contributed by atoms with Gasteiger partial charge in [-0.15, -0.1) is 0 Å². The molecule has 0 spiro atoms.